The molecule has 0 spiro atoms. The molecule has 0 saturated heterocycles. The number of hydrogen-bond acceptors (Lipinski definition) is 5. The number of aliphatic hydroxyl groups excluding tert-OH is 2. The number of amides is 1. The van der Waals surface area contributed by atoms with E-state index in [2.05, 4.69) is 46.1 Å². The zero-order chi connectivity index (χ0) is 27.5. The van der Waals surface area contributed by atoms with Crippen molar-refractivity contribution in [2.24, 2.45) is 0 Å². The average molecular weight is 532 g/mol. The highest BCUT2D eigenvalue weighted by Gasteiger charge is 2.39. The minimum atomic E-state index is -2.07. The molecule has 0 aromatic carbocycles. The Kier molecular flexibility index (Phi) is 20.0. The number of rotatable bonds is 22. The van der Waals surface area contributed by atoms with Gasteiger partial charge in [-0.2, -0.15) is 0 Å². The smallest absolute Gasteiger partial charge is 0.407 e. The Bertz CT molecular complexity index is 538. The van der Waals surface area contributed by atoms with Crippen molar-refractivity contribution in [2.75, 3.05) is 13.2 Å². The van der Waals surface area contributed by atoms with Gasteiger partial charge < -0.3 is 24.7 Å². The van der Waals surface area contributed by atoms with E-state index in [9.17, 15) is 15.0 Å². The van der Waals surface area contributed by atoms with E-state index in [0.29, 0.717) is 13.0 Å². The topological polar surface area (TPSA) is 88.0 Å². The second-order valence-electron chi connectivity index (χ2n) is 12.0. The number of unbranched alkanes of at least 4 members (excludes halogenated alkanes) is 12. The van der Waals surface area contributed by atoms with Gasteiger partial charge in [-0.05, 0) is 31.0 Å². The van der Waals surface area contributed by atoms with Crippen molar-refractivity contribution >= 4 is 14.4 Å². The molecule has 3 atom stereocenters. The molecular formula is C29H61NO5Si. The van der Waals surface area contributed by atoms with Crippen LogP contribution in [0.3, 0.4) is 0 Å². The quantitative estimate of drug-likeness (QED) is 0.0983. The Labute approximate surface area is 224 Å². The van der Waals surface area contributed by atoms with Crippen molar-refractivity contribution in [3.05, 3.63) is 0 Å². The number of aliphatic hydroxyl groups is 2. The zero-order valence-electron chi connectivity index (χ0n) is 24.9. The normalized spacial score (nSPS) is 14.9. The van der Waals surface area contributed by atoms with Crippen LogP contribution in [0.4, 0.5) is 4.79 Å². The van der Waals surface area contributed by atoms with E-state index in [1.54, 1.807) is 0 Å². The maximum absolute atomic E-state index is 12.3. The van der Waals surface area contributed by atoms with Gasteiger partial charge in [-0.15, -0.1) is 0 Å². The summed E-state index contributed by atoms with van der Waals surface area (Å²) < 4.78 is 11.5. The highest BCUT2D eigenvalue weighted by molar-refractivity contribution is 6.74. The van der Waals surface area contributed by atoms with Crippen LogP contribution >= 0.6 is 0 Å². The molecule has 6 nitrogen and oxygen atoms in total. The van der Waals surface area contributed by atoms with E-state index in [-0.39, 0.29) is 11.6 Å². The van der Waals surface area contributed by atoms with Crippen molar-refractivity contribution in [1.29, 1.82) is 0 Å². The second-order valence-corrected chi connectivity index (χ2v) is 16.9. The third-order valence-corrected chi connectivity index (χ3v) is 12.1. The molecule has 0 aliphatic heterocycles. The lowest BCUT2D eigenvalue weighted by molar-refractivity contribution is -0.0197. The summed E-state index contributed by atoms with van der Waals surface area (Å²) >= 11 is 0. The molecule has 0 heterocycles. The molecule has 36 heavy (non-hydrogen) atoms. The Morgan fingerprint density at radius 2 is 1.28 bits per heavy atom. The predicted molar refractivity (Wildman–Crippen MR) is 154 cm³/mol. The van der Waals surface area contributed by atoms with Crippen molar-refractivity contribution in [3.63, 3.8) is 0 Å². The Hall–Kier alpha value is -0.633. The van der Waals surface area contributed by atoms with Gasteiger partial charge in [0, 0.05) is 0 Å². The third kappa shape index (κ3) is 17.0. The Morgan fingerprint density at radius 3 is 1.75 bits per heavy atom. The first-order chi connectivity index (χ1) is 17.0. The summed E-state index contributed by atoms with van der Waals surface area (Å²) in [5.41, 5.74) is 0. The average Bonchev–Trinajstić information content (AvgIpc) is 2.81. The van der Waals surface area contributed by atoms with Crippen molar-refractivity contribution in [1.82, 2.24) is 5.32 Å². The third-order valence-electron chi connectivity index (χ3n) is 7.62. The first-order valence-electron chi connectivity index (χ1n) is 14.9. The standard InChI is InChI=1S/C29H61NO5Si/c1-8-10-12-13-14-15-16-17-18-19-20-21-22-26(31)27(32)25(30-28(33)34-23-11-9-2)24-35-36(6,7)29(3,4)5/h25-27,31-32H,8-24H2,1-7H3,(H,30,33)/t25-,26+,27-/m0/s1. The van der Waals surface area contributed by atoms with Gasteiger partial charge in [-0.3, -0.25) is 0 Å². The van der Waals surface area contributed by atoms with Crippen LogP contribution in [0.25, 0.3) is 0 Å². The molecule has 0 aromatic heterocycles. The lowest BCUT2D eigenvalue weighted by Gasteiger charge is -2.38. The highest BCUT2D eigenvalue weighted by Crippen LogP contribution is 2.36. The van der Waals surface area contributed by atoms with Gasteiger partial charge in [-0.1, -0.05) is 118 Å². The summed E-state index contributed by atoms with van der Waals surface area (Å²) in [4.78, 5) is 12.3. The molecule has 0 fully saturated rings. The van der Waals surface area contributed by atoms with Crippen LogP contribution in [-0.4, -0.2) is 56.1 Å². The molecule has 0 saturated carbocycles. The van der Waals surface area contributed by atoms with Gasteiger partial charge in [0.05, 0.1) is 25.4 Å². The first kappa shape index (κ1) is 35.4. The van der Waals surface area contributed by atoms with E-state index in [4.69, 9.17) is 9.16 Å². The summed E-state index contributed by atoms with van der Waals surface area (Å²) in [6.07, 6.45) is 14.8. The summed E-state index contributed by atoms with van der Waals surface area (Å²) in [5, 5.41) is 24.3. The van der Waals surface area contributed by atoms with Crippen molar-refractivity contribution in [3.8, 4) is 0 Å². The van der Waals surface area contributed by atoms with Gasteiger partial charge in [0.1, 0.15) is 6.10 Å². The lowest BCUT2D eigenvalue weighted by atomic mass is 9.99. The van der Waals surface area contributed by atoms with E-state index >= 15 is 0 Å². The largest absolute Gasteiger partial charge is 0.450 e. The van der Waals surface area contributed by atoms with E-state index in [1.807, 2.05) is 6.92 Å². The van der Waals surface area contributed by atoms with E-state index < -0.39 is 32.7 Å². The molecule has 0 radical (unpaired) electrons. The first-order valence-corrected chi connectivity index (χ1v) is 17.8. The summed E-state index contributed by atoms with van der Waals surface area (Å²) in [6, 6.07) is -0.708. The highest BCUT2D eigenvalue weighted by atomic mass is 28.4. The molecule has 3 N–H and O–H groups in total. The lowest BCUT2D eigenvalue weighted by Crippen LogP contribution is -2.54. The Morgan fingerprint density at radius 1 is 0.806 bits per heavy atom. The summed E-state index contributed by atoms with van der Waals surface area (Å²) in [7, 11) is -2.07. The maximum atomic E-state index is 12.3. The van der Waals surface area contributed by atoms with Gasteiger partial charge in [0.15, 0.2) is 8.32 Å². The van der Waals surface area contributed by atoms with Crippen LogP contribution < -0.4 is 5.32 Å². The fourth-order valence-electron chi connectivity index (χ4n) is 3.88. The molecule has 0 aliphatic carbocycles. The number of hydrogen-bond donors (Lipinski definition) is 3. The molecule has 0 aromatic rings. The van der Waals surface area contributed by atoms with Gasteiger partial charge in [0.25, 0.3) is 0 Å². The molecule has 0 rings (SSSR count). The van der Waals surface area contributed by atoms with Crippen molar-refractivity contribution in [2.45, 2.75) is 167 Å². The van der Waals surface area contributed by atoms with Crippen LogP contribution in [0.15, 0.2) is 0 Å². The van der Waals surface area contributed by atoms with Gasteiger partial charge in [0.2, 0.25) is 0 Å². The van der Waals surface area contributed by atoms with Crippen LogP contribution in [0.5, 0.6) is 0 Å². The molecule has 0 aliphatic rings. The fraction of sp³-hybridized carbons (Fsp3) is 0.966. The van der Waals surface area contributed by atoms with E-state index in [1.165, 1.54) is 64.2 Å². The molecule has 216 valence electrons. The minimum absolute atomic E-state index is 0.0117. The van der Waals surface area contributed by atoms with Crippen molar-refractivity contribution < 1.29 is 24.2 Å². The van der Waals surface area contributed by atoms with Crippen LogP contribution in [0.1, 0.15) is 131 Å². The molecular weight excluding hydrogens is 470 g/mol. The number of ether oxygens (including phenoxy) is 1. The van der Waals surface area contributed by atoms with Gasteiger partial charge in [-0.25, -0.2) is 4.79 Å². The Balaban J connectivity index is 4.46. The maximum Gasteiger partial charge on any atom is 0.407 e. The second kappa shape index (κ2) is 20.3. The molecule has 0 unspecified atom stereocenters. The number of nitrogens with one attached hydrogen (secondary N) is 1. The summed E-state index contributed by atoms with van der Waals surface area (Å²) in [5.74, 6) is 0. The minimum Gasteiger partial charge on any atom is -0.450 e. The SMILES string of the molecule is CCCCCCCCCCCCCC[C@@H](O)[C@@H](O)[C@H](CO[Si](C)(C)C(C)(C)C)NC(=O)OCCCC. The summed E-state index contributed by atoms with van der Waals surface area (Å²) in [6.45, 7) is 15.5. The fourth-order valence-corrected chi connectivity index (χ4v) is 4.91. The van der Waals surface area contributed by atoms with Crippen LogP contribution in [0.2, 0.25) is 18.1 Å². The van der Waals surface area contributed by atoms with E-state index in [0.717, 1.165) is 25.7 Å². The van der Waals surface area contributed by atoms with Crippen LogP contribution in [-0.2, 0) is 9.16 Å². The molecule has 1 amide bonds. The van der Waals surface area contributed by atoms with Crippen LogP contribution in [0, 0.1) is 0 Å². The monoisotopic (exact) mass is 531 g/mol. The van der Waals surface area contributed by atoms with Gasteiger partial charge >= 0.3 is 6.09 Å². The molecule has 7 heteroatoms. The predicted octanol–water partition coefficient (Wildman–Crippen LogP) is 7.72. The number of carbonyl (C=O) groups is 1. The number of alkyl carbamates (subject to hydrolysis) is 1. The zero-order valence-corrected chi connectivity index (χ0v) is 25.9. The molecule has 0 bridgehead atoms. The number of carbonyl (C=O) groups excluding carboxylic acids is 1.